The number of hydrogen-bond acceptors (Lipinski definition) is 5. The number of rotatable bonds is 6. The Morgan fingerprint density at radius 3 is 2.67 bits per heavy atom. The molecular formula is C23H26BrN3O2S. The van der Waals surface area contributed by atoms with Crippen molar-refractivity contribution in [3.05, 3.63) is 75.0 Å². The number of halogens is 1. The van der Waals surface area contributed by atoms with Crippen LogP contribution in [0.1, 0.15) is 39.5 Å². The Kier molecular flexibility index (Phi) is 6.73. The van der Waals surface area contributed by atoms with E-state index >= 15 is 0 Å². The number of furan rings is 1. The lowest BCUT2D eigenvalue weighted by atomic mass is 9.97. The number of nitrogens with zero attached hydrogens (tertiary/aromatic N) is 2. The van der Waals surface area contributed by atoms with Crippen molar-refractivity contribution >= 4 is 38.2 Å². The highest BCUT2D eigenvalue weighted by Crippen LogP contribution is 2.40. The van der Waals surface area contributed by atoms with Gasteiger partial charge in [-0.25, -0.2) is 0 Å². The highest BCUT2D eigenvalue weighted by atomic mass is 79.9. The van der Waals surface area contributed by atoms with E-state index in [1.165, 1.54) is 16.7 Å². The molecule has 1 saturated heterocycles. The van der Waals surface area contributed by atoms with Gasteiger partial charge in [-0.1, -0.05) is 35.0 Å². The van der Waals surface area contributed by atoms with Crippen molar-refractivity contribution in [3.8, 4) is 0 Å². The second-order valence-corrected chi connectivity index (χ2v) is 9.63. The van der Waals surface area contributed by atoms with Gasteiger partial charge in [-0.15, -0.1) is 11.3 Å². The predicted molar refractivity (Wildman–Crippen MR) is 125 cm³/mol. The van der Waals surface area contributed by atoms with Gasteiger partial charge in [-0.05, 0) is 49.4 Å². The number of hydrogen-bond donors (Lipinski definition) is 1. The van der Waals surface area contributed by atoms with Gasteiger partial charge in [0.2, 0.25) is 0 Å². The number of nitrogens with one attached hydrogen (secondary N) is 1. The second-order valence-electron chi connectivity index (χ2n) is 7.58. The van der Waals surface area contributed by atoms with Crippen LogP contribution >= 0.6 is 27.3 Å². The molecule has 5 nitrogen and oxygen atoms in total. The van der Waals surface area contributed by atoms with E-state index in [0.29, 0.717) is 5.76 Å². The molecule has 0 spiro atoms. The summed E-state index contributed by atoms with van der Waals surface area (Å²) in [5.74, 6) is 0.114. The number of thiophene rings is 1. The van der Waals surface area contributed by atoms with Crippen molar-refractivity contribution in [3.63, 3.8) is 0 Å². The summed E-state index contributed by atoms with van der Waals surface area (Å²) in [6.45, 7) is 6.18. The van der Waals surface area contributed by atoms with Crippen LogP contribution in [0.15, 0.2) is 57.6 Å². The third-order valence-electron chi connectivity index (χ3n) is 5.49. The molecule has 1 aromatic carbocycles. The van der Waals surface area contributed by atoms with Gasteiger partial charge in [0.15, 0.2) is 5.76 Å². The summed E-state index contributed by atoms with van der Waals surface area (Å²) < 4.78 is 6.36. The number of amides is 1. The molecule has 30 heavy (non-hydrogen) atoms. The second kappa shape index (κ2) is 9.47. The van der Waals surface area contributed by atoms with Gasteiger partial charge >= 0.3 is 0 Å². The van der Waals surface area contributed by atoms with Crippen LogP contribution in [-0.2, 0) is 6.42 Å². The van der Waals surface area contributed by atoms with E-state index in [1.807, 2.05) is 0 Å². The lowest BCUT2D eigenvalue weighted by molar-refractivity contribution is 0.0996. The SMILES string of the molecule is CCc1cc([C@@H](c2cccc(Br)c2)N2CCN(C)CC2)c(NC(=O)c2ccco2)s1. The molecule has 2 aromatic heterocycles. The summed E-state index contributed by atoms with van der Waals surface area (Å²) in [6.07, 6.45) is 2.46. The van der Waals surface area contributed by atoms with Gasteiger partial charge in [-0.2, -0.15) is 0 Å². The summed E-state index contributed by atoms with van der Waals surface area (Å²) in [5, 5.41) is 4.02. The maximum atomic E-state index is 12.7. The molecular weight excluding hydrogens is 462 g/mol. The van der Waals surface area contributed by atoms with Crippen molar-refractivity contribution in [1.82, 2.24) is 9.80 Å². The number of likely N-dealkylation sites (N-methyl/N-ethyl adjacent to an activating group) is 1. The first-order valence-electron chi connectivity index (χ1n) is 10.2. The summed E-state index contributed by atoms with van der Waals surface area (Å²) in [4.78, 5) is 18.9. The number of benzene rings is 1. The van der Waals surface area contributed by atoms with Crippen LogP contribution in [0.5, 0.6) is 0 Å². The maximum Gasteiger partial charge on any atom is 0.291 e. The molecule has 7 heteroatoms. The van der Waals surface area contributed by atoms with Crippen molar-refractivity contribution < 1.29 is 9.21 Å². The molecule has 158 valence electrons. The largest absolute Gasteiger partial charge is 0.459 e. The van der Waals surface area contributed by atoms with Gasteiger partial charge in [0.1, 0.15) is 5.00 Å². The van der Waals surface area contributed by atoms with Crippen LogP contribution in [0, 0.1) is 0 Å². The molecule has 0 radical (unpaired) electrons. The zero-order valence-corrected chi connectivity index (χ0v) is 19.6. The molecule has 1 fully saturated rings. The van der Waals surface area contributed by atoms with Crippen LogP contribution in [0.4, 0.5) is 5.00 Å². The van der Waals surface area contributed by atoms with E-state index in [9.17, 15) is 4.79 Å². The Balaban J connectivity index is 1.74. The summed E-state index contributed by atoms with van der Waals surface area (Å²) >= 11 is 5.29. The molecule has 1 N–H and O–H groups in total. The minimum absolute atomic E-state index is 0.0830. The topological polar surface area (TPSA) is 48.7 Å². The maximum absolute atomic E-state index is 12.7. The minimum Gasteiger partial charge on any atom is -0.459 e. The monoisotopic (exact) mass is 487 g/mol. The van der Waals surface area contributed by atoms with Gasteiger partial charge < -0.3 is 14.6 Å². The molecule has 0 bridgehead atoms. The molecule has 0 saturated carbocycles. The molecule has 1 amide bonds. The van der Waals surface area contributed by atoms with E-state index in [4.69, 9.17) is 4.42 Å². The average Bonchev–Trinajstić information content (AvgIpc) is 3.40. The standard InChI is InChI=1S/C23H26BrN3O2S/c1-3-18-15-19(23(30-18)25-22(28)20-8-5-13-29-20)21(16-6-4-7-17(24)14-16)27-11-9-26(2)10-12-27/h4-8,13-15,21H,3,9-12H2,1-2H3,(H,25,28)/t21-/m1/s1. The fourth-order valence-corrected chi connectivity index (χ4v) is 5.29. The molecule has 1 aliphatic heterocycles. The lowest BCUT2D eigenvalue weighted by Gasteiger charge is -2.38. The Labute approximate surface area is 189 Å². The van der Waals surface area contributed by atoms with Crippen LogP contribution in [-0.4, -0.2) is 48.9 Å². The Morgan fingerprint density at radius 2 is 2.00 bits per heavy atom. The van der Waals surface area contributed by atoms with Crippen molar-refractivity contribution in [2.75, 3.05) is 38.5 Å². The Morgan fingerprint density at radius 1 is 1.20 bits per heavy atom. The fraction of sp³-hybridized carbons (Fsp3) is 0.348. The van der Waals surface area contributed by atoms with Crippen molar-refractivity contribution in [1.29, 1.82) is 0 Å². The summed E-state index contributed by atoms with van der Waals surface area (Å²) in [5.41, 5.74) is 2.38. The third-order valence-corrected chi connectivity index (χ3v) is 7.20. The van der Waals surface area contributed by atoms with Gasteiger partial charge in [0.05, 0.1) is 12.3 Å². The van der Waals surface area contributed by atoms with Crippen LogP contribution in [0.2, 0.25) is 0 Å². The molecule has 1 aliphatic rings. The highest BCUT2D eigenvalue weighted by molar-refractivity contribution is 9.10. The number of aryl methyl sites for hydroxylation is 1. The van der Waals surface area contributed by atoms with E-state index in [2.05, 4.69) is 75.3 Å². The molecule has 0 aliphatic carbocycles. The predicted octanol–water partition coefficient (Wildman–Crippen LogP) is 5.26. The Bertz CT molecular complexity index is 994. The highest BCUT2D eigenvalue weighted by Gasteiger charge is 2.29. The fourth-order valence-electron chi connectivity index (χ4n) is 3.85. The van der Waals surface area contributed by atoms with E-state index in [1.54, 1.807) is 23.5 Å². The smallest absolute Gasteiger partial charge is 0.291 e. The molecule has 1 atom stereocenters. The first-order valence-corrected chi connectivity index (χ1v) is 11.8. The third kappa shape index (κ3) is 4.70. The average molecular weight is 488 g/mol. The van der Waals surface area contributed by atoms with Crippen LogP contribution in [0.3, 0.4) is 0 Å². The summed E-state index contributed by atoms with van der Waals surface area (Å²) in [6, 6.07) is 14.3. The van der Waals surface area contributed by atoms with E-state index in [-0.39, 0.29) is 11.9 Å². The van der Waals surface area contributed by atoms with E-state index in [0.717, 1.165) is 47.6 Å². The van der Waals surface area contributed by atoms with Gasteiger partial charge in [0, 0.05) is 41.1 Å². The first kappa shape index (κ1) is 21.3. The van der Waals surface area contributed by atoms with Crippen LogP contribution in [0.25, 0.3) is 0 Å². The molecule has 0 unspecified atom stereocenters. The number of anilines is 1. The molecule has 3 heterocycles. The quantitative estimate of drug-likeness (QED) is 0.515. The lowest BCUT2D eigenvalue weighted by Crippen LogP contribution is -2.46. The summed E-state index contributed by atoms with van der Waals surface area (Å²) in [7, 11) is 2.17. The van der Waals surface area contributed by atoms with Gasteiger partial charge in [0.25, 0.3) is 5.91 Å². The molecule has 4 rings (SSSR count). The van der Waals surface area contributed by atoms with Crippen molar-refractivity contribution in [2.45, 2.75) is 19.4 Å². The number of carbonyl (C=O) groups excluding carboxylic acids is 1. The zero-order valence-electron chi connectivity index (χ0n) is 17.2. The first-order chi connectivity index (χ1) is 14.5. The van der Waals surface area contributed by atoms with Crippen molar-refractivity contribution in [2.24, 2.45) is 0 Å². The molecule has 3 aromatic rings. The van der Waals surface area contributed by atoms with Crippen LogP contribution < -0.4 is 5.32 Å². The minimum atomic E-state index is -0.211. The number of piperazine rings is 1. The zero-order chi connectivity index (χ0) is 21.1. The Hall–Kier alpha value is -1.93. The normalized spacial score (nSPS) is 16.5. The van der Waals surface area contributed by atoms with Gasteiger partial charge in [-0.3, -0.25) is 9.69 Å². The van der Waals surface area contributed by atoms with E-state index < -0.39 is 0 Å². The number of carbonyl (C=O) groups is 1.